The Kier molecular flexibility index (Phi) is 2.63. The van der Waals surface area contributed by atoms with Gasteiger partial charge in [0, 0.05) is 6.92 Å². The van der Waals surface area contributed by atoms with Crippen LogP contribution >= 0.6 is 0 Å². The molecule has 0 saturated carbocycles. The highest BCUT2D eigenvalue weighted by Crippen LogP contribution is 1.64. The maximum absolute atomic E-state index is 9.82. The zero-order valence-electron chi connectivity index (χ0n) is 4.02. The van der Waals surface area contributed by atoms with E-state index in [0.29, 0.717) is 7.37 Å². The van der Waals surface area contributed by atoms with E-state index in [2.05, 4.69) is 4.65 Å². The molecule has 0 aliphatic carbocycles. The van der Waals surface area contributed by atoms with E-state index in [4.69, 9.17) is 0 Å². The summed E-state index contributed by atoms with van der Waals surface area (Å²) < 4.78 is 4.40. The lowest BCUT2D eigenvalue weighted by Gasteiger charge is -1.89. The average Bonchev–Trinajstić information content (AvgIpc) is 1.35. The van der Waals surface area contributed by atoms with Crippen molar-refractivity contribution in [3.8, 4) is 0 Å². The molecule has 0 bridgehead atoms. The molecule has 0 amide bonds. The Labute approximate surface area is 38.5 Å². The summed E-state index contributed by atoms with van der Waals surface area (Å²) >= 11 is 0. The normalized spacial score (nSPS) is 6.83. The molecule has 4 heteroatoms. The zero-order valence-corrected chi connectivity index (χ0v) is 4.02. The molecule has 0 radical (unpaired) electrons. The summed E-state index contributed by atoms with van der Waals surface area (Å²) in [5.41, 5.74) is 0. The molecule has 2 nitrogen and oxygen atoms in total. The van der Waals surface area contributed by atoms with Crippen molar-refractivity contribution in [3.63, 3.8) is 0 Å². The van der Waals surface area contributed by atoms with E-state index in [1.807, 2.05) is 0 Å². The number of carbonyl (C=O) groups excluding carboxylic acids is 1. The van der Waals surface area contributed by atoms with Crippen molar-refractivity contribution in [1.29, 1.82) is 0 Å². The highest BCUT2D eigenvalue weighted by atomic mass is 16.5. The second-order valence-corrected chi connectivity index (χ2v) is 0.925. The van der Waals surface area contributed by atoms with Crippen LogP contribution in [0.25, 0.3) is 0 Å². The Morgan fingerprint density at radius 3 is 2.50 bits per heavy atom. The molecule has 0 N–H and O–H groups in total. The van der Waals surface area contributed by atoms with Gasteiger partial charge in [0.25, 0.3) is 13.3 Å². The van der Waals surface area contributed by atoms with Crippen molar-refractivity contribution in [3.05, 3.63) is 0 Å². The summed E-state index contributed by atoms with van der Waals surface area (Å²) in [6.45, 7) is 1.39. The number of carbonyl (C=O) groups is 1. The van der Waals surface area contributed by atoms with Crippen LogP contribution in [-0.4, -0.2) is 21.1 Å². The first-order chi connectivity index (χ1) is 2.77. The van der Waals surface area contributed by atoms with Crippen molar-refractivity contribution in [1.82, 2.24) is 0 Å². The lowest BCUT2D eigenvalue weighted by atomic mass is 9.72. The van der Waals surface area contributed by atoms with Crippen molar-refractivity contribution < 1.29 is 9.45 Å². The fourth-order valence-corrected chi connectivity index (χ4v) is 0.203. The standard InChI is InChI=1S/C2H6B2O2/c1-2(5)6-4-3/h4H,3H2,1H3. The molecule has 0 aromatic heterocycles. The smallest absolute Gasteiger partial charge is 0.294 e. The van der Waals surface area contributed by atoms with E-state index in [-0.39, 0.29) is 5.97 Å². The lowest BCUT2D eigenvalue weighted by molar-refractivity contribution is -0.131. The minimum Gasteiger partial charge on any atom is -0.549 e. The summed E-state index contributed by atoms with van der Waals surface area (Å²) in [4.78, 5) is 9.82. The van der Waals surface area contributed by atoms with Gasteiger partial charge >= 0.3 is 0 Å². The Morgan fingerprint density at radius 2 is 2.50 bits per heavy atom. The Morgan fingerprint density at radius 1 is 2.00 bits per heavy atom. The molecular weight excluding hydrogens is 77.6 g/mol. The maximum Gasteiger partial charge on any atom is 0.294 e. The van der Waals surface area contributed by atoms with Gasteiger partial charge in [-0.25, -0.2) is 0 Å². The number of hydrogen-bond donors (Lipinski definition) is 0. The largest absolute Gasteiger partial charge is 0.549 e. The summed E-state index contributed by atoms with van der Waals surface area (Å²) in [6, 6.07) is 0. The third-order valence-electron chi connectivity index (χ3n) is 0.348. The summed E-state index contributed by atoms with van der Waals surface area (Å²) in [6.07, 6.45) is 0. The molecule has 0 fully saturated rings. The fraction of sp³-hybridized carbons (Fsp3) is 0.500. The fourth-order valence-electron chi connectivity index (χ4n) is 0.203. The minimum absolute atomic E-state index is 0.211. The molecule has 0 unspecified atom stereocenters. The quantitative estimate of drug-likeness (QED) is 0.359. The molecule has 0 spiro atoms. The highest BCUT2D eigenvalue weighted by Gasteiger charge is 1.83. The molecular formula is C2H6B2O2. The van der Waals surface area contributed by atoms with Crippen molar-refractivity contribution >= 4 is 21.1 Å². The van der Waals surface area contributed by atoms with Crippen LogP contribution in [0.2, 0.25) is 0 Å². The van der Waals surface area contributed by atoms with Gasteiger partial charge in [-0.1, -0.05) is 0 Å². The second kappa shape index (κ2) is 2.82. The minimum atomic E-state index is -0.211. The summed E-state index contributed by atoms with van der Waals surface area (Å²) in [7, 11) is 2.26. The third kappa shape index (κ3) is 3.60. The highest BCUT2D eigenvalue weighted by molar-refractivity contribution is 6.86. The first-order valence-electron chi connectivity index (χ1n) is 1.90. The predicted octanol–water partition coefficient (Wildman–Crippen LogP) is -1.55. The first-order valence-corrected chi connectivity index (χ1v) is 1.90. The Balaban J connectivity index is 2.83. The van der Waals surface area contributed by atoms with Gasteiger partial charge in [-0.3, -0.25) is 4.79 Å². The third-order valence-corrected chi connectivity index (χ3v) is 0.348. The van der Waals surface area contributed by atoms with Crippen LogP contribution in [0.15, 0.2) is 0 Å². The molecule has 0 saturated heterocycles. The first kappa shape index (κ1) is 5.60. The van der Waals surface area contributed by atoms with Crippen LogP contribution in [0.3, 0.4) is 0 Å². The van der Waals surface area contributed by atoms with E-state index in [0.717, 1.165) is 0 Å². The van der Waals surface area contributed by atoms with E-state index in [1.165, 1.54) is 6.92 Å². The van der Waals surface area contributed by atoms with Gasteiger partial charge in [-0.15, -0.1) is 0 Å². The van der Waals surface area contributed by atoms with E-state index in [1.54, 1.807) is 7.74 Å². The molecule has 0 heterocycles. The molecule has 0 aromatic carbocycles. The van der Waals surface area contributed by atoms with Crippen LogP contribution in [0.1, 0.15) is 6.92 Å². The monoisotopic (exact) mass is 84.1 g/mol. The van der Waals surface area contributed by atoms with Gasteiger partial charge in [-0.2, -0.15) is 0 Å². The molecule has 0 aliphatic rings. The van der Waals surface area contributed by atoms with Gasteiger partial charge in [0.15, 0.2) is 0 Å². The van der Waals surface area contributed by atoms with Gasteiger partial charge in [-0.05, 0) is 0 Å². The van der Waals surface area contributed by atoms with Crippen LogP contribution in [-0.2, 0) is 9.45 Å². The Bertz CT molecular complexity index is 53.5. The zero-order chi connectivity index (χ0) is 4.99. The Hall–Kier alpha value is -0.400. The summed E-state index contributed by atoms with van der Waals surface area (Å²) in [5, 5.41) is 0. The topological polar surface area (TPSA) is 26.3 Å². The van der Waals surface area contributed by atoms with E-state index >= 15 is 0 Å². The summed E-state index contributed by atoms with van der Waals surface area (Å²) in [5.74, 6) is -0.211. The average molecular weight is 83.7 g/mol. The second-order valence-electron chi connectivity index (χ2n) is 0.925. The number of hydrogen-bond acceptors (Lipinski definition) is 2. The molecule has 0 aromatic rings. The van der Waals surface area contributed by atoms with Gasteiger partial charge in [0.05, 0.1) is 0 Å². The van der Waals surface area contributed by atoms with E-state index in [9.17, 15) is 4.79 Å². The number of rotatable bonds is 1. The van der Waals surface area contributed by atoms with Gasteiger partial charge < -0.3 is 4.65 Å². The van der Waals surface area contributed by atoms with Crippen molar-refractivity contribution in [2.24, 2.45) is 0 Å². The van der Waals surface area contributed by atoms with Crippen LogP contribution in [0.5, 0.6) is 0 Å². The van der Waals surface area contributed by atoms with Crippen LogP contribution < -0.4 is 0 Å². The lowest BCUT2D eigenvalue weighted by Crippen LogP contribution is -2.02. The van der Waals surface area contributed by atoms with Gasteiger partial charge in [0.2, 0.25) is 0 Å². The molecule has 6 heavy (non-hydrogen) atoms. The molecule has 0 atom stereocenters. The van der Waals surface area contributed by atoms with Crippen molar-refractivity contribution in [2.45, 2.75) is 6.92 Å². The SMILES string of the molecule is BBOC(C)=O. The molecule has 0 aliphatic heterocycles. The van der Waals surface area contributed by atoms with Gasteiger partial charge in [0.1, 0.15) is 7.74 Å². The van der Waals surface area contributed by atoms with Crippen LogP contribution in [0, 0.1) is 0 Å². The van der Waals surface area contributed by atoms with E-state index < -0.39 is 0 Å². The predicted molar refractivity (Wildman–Crippen MR) is 27.5 cm³/mol. The maximum atomic E-state index is 9.82. The molecule has 0 rings (SSSR count). The van der Waals surface area contributed by atoms with Crippen molar-refractivity contribution in [2.75, 3.05) is 0 Å². The molecule has 32 valence electrons. The van der Waals surface area contributed by atoms with Crippen LogP contribution in [0.4, 0.5) is 0 Å².